The summed E-state index contributed by atoms with van der Waals surface area (Å²) in [5.41, 5.74) is 5.77. The molecule has 0 bridgehead atoms. The van der Waals surface area contributed by atoms with Crippen molar-refractivity contribution in [2.24, 2.45) is 17.6 Å². The average Bonchev–Trinajstić information content (AvgIpc) is 2.35. The Bertz CT molecular complexity index is 353. The Morgan fingerprint density at radius 3 is 2.63 bits per heavy atom. The summed E-state index contributed by atoms with van der Waals surface area (Å²) in [6.45, 7) is 3.96. The highest BCUT2D eigenvalue weighted by molar-refractivity contribution is 5.87. The summed E-state index contributed by atoms with van der Waals surface area (Å²) in [6.07, 6.45) is 7.13. The Balaban J connectivity index is 2.63. The molecule has 108 valence electrons. The van der Waals surface area contributed by atoms with E-state index in [1.165, 1.54) is 0 Å². The number of carboxylic acid groups (broad SMARTS) is 1. The van der Waals surface area contributed by atoms with E-state index in [0.717, 1.165) is 19.3 Å². The number of hydrogen-bond donors (Lipinski definition) is 3. The fraction of sp³-hybridized carbons (Fsp3) is 0.714. The van der Waals surface area contributed by atoms with Crippen molar-refractivity contribution in [3.05, 3.63) is 12.2 Å². The van der Waals surface area contributed by atoms with Gasteiger partial charge in [0.05, 0.1) is 6.04 Å². The first-order chi connectivity index (χ1) is 8.91. The molecule has 1 aliphatic carbocycles. The monoisotopic (exact) mass is 268 g/mol. The first-order valence-electron chi connectivity index (χ1n) is 6.87. The van der Waals surface area contributed by atoms with Crippen LogP contribution in [0.1, 0.15) is 39.5 Å². The van der Waals surface area contributed by atoms with Crippen LogP contribution in [0.5, 0.6) is 0 Å². The predicted octanol–water partition coefficient (Wildman–Crippen LogP) is 1.29. The summed E-state index contributed by atoms with van der Waals surface area (Å²) in [6, 6.07) is -1.52. The van der Waals surface area contributed by atoms with Crippen LogP contribution in [0.15, 0.2) is 12.2 Å². The molecule has 0 aromatic carbocycles. The maximum atomic E-state index is 11.9. The zero-order valence-corrected chi connectivity index (χ0v) is 11.6. The van der Waals surface area contributed by atoms with Gasteiger partial charge in [-0.25, -0.2) is 4.79 Å². The van der Waals surface area contributed by atoms with E-state index in [1.54, 1.807) is 0 Å². The highest BCUT2D eigenvalue weighted by Gasteiger charge is 2.30. The molecule has 1 amide bonds. The Morgan fingerprint density at radius 1 is 1.47 bits per heavy atom. The number of carbonyl (C=O) groups is 2. The van der Waals surface area contributed by atoms with Gasteiger partial charge in [0.2, 0.25) is 5.91 Å². The first kappa shape index (κ1) is 15.7. The second-order valence-corrected chi connectivity index (χ2v) is 5.58. The van der Waals surface area contributed by atoms with E-state index in [0.29, 0.717) is 12.3 Å². The lowest BCUT2D eigenvalue weighted by Gasteiger charge is -2.26. The van der Waals surface area contributed by atoms with Crippen LogP contribution in [-0.2, 0) is 9.59 Å². The van der Waals surface area contributed by atoms with E-state index >= 15 is 0 Å². The molecule has 0 spiro atoms. The average molecular weight is 268 g/mol. The van der Waals surface area contributed by atoms with E-state index < -0.39 is 18.1 Å². The third-order valence-corrected chi connectivity index (χ3v) is 3.35. The lowest BCUT2D eigenvalue weighted by Crippen LogP contribution is -2.51. The van der Waals surface area contributed by atoms with Gasteiger partial charge < -0.3 is 16.2 Å². The highest BCUT2D eigenvalue weighted by atomic mass is 16.4. The Kier molecular flexibility index (Phi) is 6.02. The lowest BCUT2D eigenvalue weighted by molar-refractivity contribution is -0.143. The molecule has 4 N–H and O–H groups in total. The number of nitrogens with two attached hydrogens (primary N) is 1. The number of carbonyl (C=O) groups excluding carboxylic acids is 1. The van der Waals surface area contributed by atoms with Crippen LogP contribution >= 0.6 is 0 Å². The van der Waals surface area contributed by atoms with Crippen LogP contribution in [0.2, 0.25) is 0 Å². The zero-order valence-electron chi connectivity index (χ0n) is 11.6. The van der Waals surface area contributed by atoms with Crippen LogP contribution in [-0.4, -0.2) is 29.1 Å². The molecule has 0 saturated carbocycles. The van der Waals surface area contributed by atoms with Crippen molar-refractivity contribution in [1.82, 2.24) is 5.32 Å². The Morgan fingerprint density at radius 2 is 2.16 bits per heavy atom. The van der Waals surface area contributed by atoms with Crippen LogP contribution in [0, 0.1) is 11.8 Å². The third-order valence-electron chi connectivity index (χ3n) is 3.35. The van der Waals surface area contributed by atoms with Crippen molar-refractivity contribution in [1.29, 1.82) is 0 Å². The molecule has 0 aromatic heterocycles. The number of rotatable bonds is 6. The van der Waals surface area contributed by atoms with Gasteiger partial charge in [0.15, 0.2) is 0 Å². The number of amides is 1. The first-order valence-corrected chi connectivity index (χ1v) is 6.87. The van der Waals surface area contributed by atoms with Gasteiger partial charge in [-0.05, 0) is 31.6 Å². The van der Waals surface area contributed by atoms with Gasteiger partial charge in [-0.2, -0.15) is 0 Å². The topological polar surface area (TPSA) is 92.4 Å². The van der Waals surface area contributed by atoms with E-state index in [1.807, 2.05) is 26.0 Å². The van der Waals surface area contributed by atoms with Crippen LogP contribution < -0.4 is 11.1 Å². The van der Waals surface area contributed by atoms with Gasteiger partial charge in [-0.3, -0.25) is 4.79 Å². The number of nitrogens with one attached hydrogen (secondary N) is 1. The molecule has 19 heavy (non-hydrogen) atoms. The van der Waals surface area contributed by atoms with Crippen LogP contribution in [0.4, 0.5) is 0 Å². The summed E-state index contributed by atoms with van der Waals surface area (Å²) in [5.74, 6) is -1.21. The quantitative estimate of drug-likeness (QED) is 0.633. The molecule has 0 heterocycles. The minimum Gasteiger partial charge on any atom is -0.480 e. The number of aliphatic carboxylic acids is 1. The summed E-state index contributed by atoms with van der Waals surface area (Å²) < 4.78 is 0. The van der Waals surface area contributed by atoms with Crippen molar-refractivity contribution in [2.45, 2.75) is 51.6 Å². The highest BCUT2D eigenvalue weighted by Crippen LogP contribution is 2.21. The summed E-state index contributed by atoms with van der Waals surface area (Å²) in [5, 5.41) is 11.8. The van der Waals surface area contributed by atoms with E-state index in [9.17, 15) is 14.7 Å². The minimum atomic E-state index is -0.998. The molecule has 1 aliphatic rings. The summed E-state index contributed by atoms with van der Waals surface area (Å²) >= 11 is 0. The molecule has 5 heteroatoms. The van der Waals surface area contributed by atoms with Crippen LogP contribution in [0.3, 0.4) is 0 Å². The van der Waals surface area contributed by atoms with Gasteiger partial charge in [0.25, 0.3) is 0 Å². The van der Waals surface area contributed by atoms with E-state index in [-0.39, 0.29) is 11.8 Å². The largest absolute Gasteiger partial charge is 0.480 e. The van der Waals surface area contributed by atoms with Crippen molar-refractivity contribution in [3.8, 4) is 0 Å². The van der Waals surface area contributed by atoms with Crippen molar-refractivity contribution in [3.63, 3.8) is 0 Å². The van der Waals surface area contributed by atoms with Crippen molar-refractivity contribution < 1.29 is 14.7 Å². The van der Waals surface area contributed by atoms with Gasteiger partial charge in [0.1, 0.15) is 6.04 Å². The smallest absolute Gasteiger partial charge is 0.326 e. The molecule has 0 radical (unpaired) electrons. The molecule has 1 rings (SSSR count). The standard InChI is InChI=1S/C14H24N2O3/c1-9(2)8-11(15)13(17)16-12(14(18)19)10-6-4-3-5-7-10/h4,6,9-12H,3,5,7-8,15H2,1-2H3,(H,16,17)(H,18,19)/t10-,11-,12-/m0/s1. The van der Waals surface area contributed by atoms with Crippen molar-refractivity contribution in [2.75, 3.05) is 0 Å². The van der Waals surface area contributed by atoms with E-state index in [2.05, 4.69) is 5.32 Å². The van der Waals surface area contributed by atoms with E-state index in [4.69, 9.17) is 5.73 Å². The maximum absolute atomic E-state index is 11.9. The number of hydrogen-bond acceptors (Lipinski definition) is 3. The SMILES string of the molecule is CC(C)C[C@H](N)C(=O)N[C@H](C(=O)O)[C@H]1C=CCCC1. The summed E-state index contributed by atoms with van der Waals surface area (Å²) in [7, 11) is 0. The molecule has 0 unspecified atom stereocenters. The fourth-order valence-electron chi connectivity index (χ4n) is 2.34. The molecule has 0 saturated heterocycles. The van der Waals surface area contributed by atoms with Gasteiger partial charge >= 0.3 is 5.97 Å². The molecule has 3 atom stereocenters. The van der Waals surface area contributed by atoms with Gasteiger partial charge in [0, 0.05) is 5.92 Å². The molecule has 0 fully saturated rings. The second kappa shape index (κ2) is 7.28. The zero-order chi connectivity index (χ0) is 14.4. The molecular formula is C14H24N2O3. The maximum Gasteiger partial charge on any atom is 0.326 e. The third kappa shape index (κ3) is 5.03. The second-order valence-electron chi connectivity index (χ2n) is 5.58. The van der Waals surface area contributed by atoms with Crippen molar-refractivity contribution >= 4 is 11.9 Å². The van der Waals surface area contributed by atoms with Gasteiger partial charge in [-0.1, -0.05) is 26.0 Å². The van der Waals surface area contributed by atoms with Gasteiger partial charge in [-0.15, -0.1) is 0 Å². The summed E-state index contributed by atoms with van der Waals surface area (Å²) in [4.78, 5) is 23.2. The molecule has 0 aliphatic heterocycles. The van der Waals surface area contributed by atoms with Crippen LogP contribution in [0.25, 0.3) is 0 Å². The Hall–Kier alpha value is -1.36. The minimum absolute atomic E-state index is 0.138. The predicted molar refractivity (Wildman–Crippen MR) is 73.5 cm³/mol. The number of allylic oxidation sites excluding steroid dienone is 1. The normalized spacial score (nSPS) is 22.0. The fourth-order valence-corrected chi connectivity index (χ4v) is 2.34. The lowest BCUT2D eigenvalue weighted by atomic mass is 9.89. The molecule has 0 aromatic rings. The molecular weight excluding hydrogens is 244 g/mol. The molecule has 5 nitrogen and oxygen atoms in total. The number of carboxylic acids is 1. The Labute approximate surface area is 114 Å².